The molecule has 26 heavy (non-hydrogen) atoms. The Morgan fingerprint density at radius 2 is 2.04 bits per heavy atom. The molecule has 1 aromatic rings. The van der Waals surface area contributed by atoms with E-state index in [-0.39, 0.29) is 0 Å². The molecular weight excluding hydrogens is 370 g/mol. The first kappa shape index (κ1) is 20.9. The zero-order valence-corrected chi connectivity index (χ0v) is 17.2. The molecule has 0 bridgehead atoms. The second kappa shape index (κ2) is 10.1. The monoisotopic (exact) mass is 399 g/mol. The summed E-state index contributed by atoms with van der Waals surface area (Å²) in [6.45, 7) is 1.48. The van der Waals surface area contributed by atoms with E-state index in [2.05, 4.69) is 10.6 Å². The van der Waals surface area contributed by atoms with E-state index >= 15 is 0 Å². The summed E-state index contributed by atoms with van der Waals surface area (Å²) >= 11 is 5.30. The Morgan fingerprint density at radius 1 is 1.31 bits per heavy atom. The highest BCUT2D eigenvalue weighted by molar-refractivity contribution is 7.92. The van der Waals surface area contributed by atoms with Crippen molar-refractivity contribution in [1.82, 2.24) is 5.32 Å². The second-order valence-electron chi connectivity index (χ2n) is 6.65. The maximum Gasteiger partial charge on any atom is 0.231 e. The summed E-state index contributed by atoms with van der Waals surface area (Å²) in [5.74, 6) is 0. The van der Waals surface area contributed by atoms with E-state index in [1.807, 2.05) is 6.07 Å². The van der Waals surface area contributed by atoms with Gasteiger partial charge in [-0.2, -0.15) is 0 Å². The van der Waals surface area contributed by atoms with Crippen LogP contribution < -0.4 is 14.9 Å². The third-order valence-corrected chi connectivity index (χ3v) is 5.93. The molecule has 0 amide bonds. The van der Waals surface area contributed by atoms with Crippen LogP contribution >= 0.6 is 12.2 Å². The topological polar surface area (TPSA) is 70.7 Å². The summed E-state index contributed by atoms with van der Waals surface area (Å²) in [4.78, 5) is 0. The van der Waals surface area contributed by atoms with Gasteiger partial charge in [-0.25, -0.2) is 8.42 Å². The third-order valence-electron chi connectivity index (χ3n) is 4.48. The van der Waals surface area contributed by atoms with Crippen LogP contribution in [0.5, 0.6) is 0 Å². The van der Waals surface area contributed by atoms with E-state index in [1.54, 1.807) is 18.2 Å². The van der Waals surface area contributed by atoms with Crippen molar-refractivity contribution >= 4 is 38.7 Å². The van der Waals surface area contributed by atoms with Crippen LogP contribution in [0.2, 0.25) is 0 Å². The molecule has 1 fully saturated rings. The molecule has 2 rings (SSSR count). The van der Waals surface area contributed by atoms with Crippen molar-refractivity contribution in [2.24, 2.45) is 0 Å². The largest absolute Gasteiger partial charge is 0.378 e. The molecule has 8 heteroatoms. The van der Waals surface area contributed by atoms with Crippen LogP contribution in [0.25, 0.3) is 0 Å². The Hall–Kier alpha value is -1.38. The van der Waals surface area contributed by atoms with Crippen molar-refractivity contribution in [3.63, 3.8) is 0 Å². The lowest BCUT2D eigenvalue weighted by molar-refractivity contribution is 0.0277. The number of hydrogen-bond donors (Lipinski definition) is 2. The number of rotatable bonds is 8. The van der Waals surface area contributed by atoms with Crippen molar-refractivity contribution in [3.8, 4) is 0 Å². The molecule has 0 aromatic heterocycles. The molecule has 0 spiro atoms. The summed E-state index contributed by atoms with van der Waals surface area (Å²) in [6.07, 6.45) is 8.78. The van der Waals surface area contributed by atoms with Crippen molar-refractivity contribution in [3.05, 3.63) is 24.3 Å². The van der Waals surface area contributed by atoms with Crippen molar-refractivity contribution in [2.75, 3.05) is 36.1 Å². The smallest absolute Gasteiger partial charge is 0.231 e. The normalized spacial score (nSPS) is 15.5. The zero-order valence-electron chi connectivity index (χ0n) is 15.5. The van der Waals surface area contributed by atoms with Crippen LogP contribution in [0, 0.1) is 0 Å². The molecule has 1 aliphatic carbocycles. The van der Waals surface area contributed by atoms with Gasteiger partial charge in [0, 0.05) is 25.9 Å². The number of benzene rings is 1. The van der Waals surface area contributed by atoms with E-state index in [0.29, 0.717) is 16.9 Å². The van der Waals surface area contributed by atoms with Crippen LogP contribution in [0.4, 0.5) is 11.4 Å². The highest BCUT2D eigenvalue weighted by Gasteiger charge is 2.13. The number of thiocarbonyl (C=S) groups is 1. The molecule has 6 nitrogen and oxygen atoms in total. The Bertz CT molecular complexity index is 689. The minimum Gasteiger partial charge on any atom is -0.378 e. The lowest BCUT2D eigenvalue weighted by atomic mass is 9.98. The minimum absolute atomic E-state index is 0.434. The number of ether oxygens (including phenoxy) is 1. The third kappa shape index (κ3) is 7.09. The van der Waals surface area contributed by atoms with Gasteiger partial charge in [-0.15, -0.1) is 0 Å². The number of hydrogen-bond acceptors (Lipinski definition) is 4. The Balaban J connectivity index is 1.70. The van der Waals surface area contributed by atoms with Gasteiger partial charge in [0.05, 0.1) is 18.0 Å². The summed E-state index contributed by atoms with van der Waals surface area (Å²) in [5.41, 5.74) is 1.33. The van der Waals surface area contributed by atoms with E-state index < -0.39 is 10.0 Å². The molecule has 146 valence electrons. The molecule has 1 aromatic carbocycles. The lowest BCUT2D eigenvalue weighted by Gasteiger charge is -2.22. The van der Waals surface area contributed by atoms with Gasteiger partial charge < -0.3 is 15.4 Å². The molecule has 2 N–H and O–H groups in total. The van der Waals surface area contributed by atoms with Crippen LogP contribution in [0.1, 0.15) is 38.5 Å². The first-order valence-electron chi connectivity index (χ1n) is 9.06. The SMILES string of the molecule is CN(c1cccc(NC(=S)NCCCOC2CCCCC2)c1)S(C)(=O)=O. The van der Waals surface area contributed by atoms with Gasteiger partial charge >= 0.3 is 0 Å². The number of nitrogens with one attached hydrogen (secondary N) is 2. The molecule has 0 heterocycles. The van der Waals surface area contributed by atoms with Gasteiger partial charge in [0.1, 0.15) is 0 Å². The van der Waals surface area contributed by atoms with Gasteiger partial charge in [0.15, 0.2) is 5.11 Å². The number of anilines is 2. The fourth-order valence-corrected chi connectivity index (χ4v) is 3.62. The minimum atomic E-state index is -3.29. The van der Waals surface area contributed by atoms with Crippen molar-refractivity contribution in [2.45, 2.75) is 44.6 Å². The van der Waals surface area contributed by atoms with E-state index in [9.17, 15) is 8.42 Å². The predicted octanol–water partition coefficient (Wildman–Crippen LogP) is 3.11. The maximum absolute atomic E-state index is 11.6. The Morgan fingerprint density at radius 3 is 2.73 bits per heavy atom. The molecular formula is C18H29N3O3S2. The van der Waals surface area contributed by atoms with Crippen LogP contribution in [-0.2, 0) is 14.8 Å². The van der Waals surface area contributed by atoms with Crippen molar-refractivity contribution in [1.29, 1.82) is 0 Å². The fraction of sp³-hybridized carbons (Fsp3) is 0.611. The fourth-order valence-electron chi connectivity index (χ4n) is 2.90. The molecule has 0 radical (unpaired) electrons. The maximum atomic E-state index is 11.6. The standard InChI is InChI=1S/C18H29N3O3S2/c1-21(26(2,22)23)16-9-6-8-15(14-16)20-18(25)19-12-7-13-24-17-10-4-3-5-11-17/h6,8-9,14,17H,3-5,7,10-13H2,1-2H3,(H2,19,20,25). The summed E-state index contributed by atoms with van der Waals surface area (Å²) in [7, 11) is -1.76. The number of sulfonamides is 1. The summed E-state index contributed by atoms with van der Waals surface area (Å²) < 4.78 is 30.4. The van der Waals surface area contributed by atoms with Gasteiger partial charge in [0.2, 0.25) is 10.0 Å². The second-order valence-corrected chi connectivity index (χ2v) is 9.07. The van der Waals surface area contributed by atoms with E-state index in [1.165, 1.54) is 49.7 Å². The van der Waals surface area contributed by atoms with Gasteiger partial charge in [-0.1, -0.05) is 25.3 Å². The van der Waals surface area contributed by atoms with E-state index in [0.717, 1.165) is 25.3 Å². The quantitative estimate of drug-likeness (QED) is 0.517. The first-order chi connectivity index (χ1) is 12.4. The molecule has 0 aliphatic heterocycles. The lowest BCUT2D eigenvalue weighted by Crippen LogP contribution is -2.30. The number of nitrogens with zero attached hydrogens (tertiary/aromatic N) is 1. The van der Waals surface area contributed by atoms with Crippen LogP contribution in [-0.4, -0.2) is 46.1 Å². The van der Waals surface area contributed by atoms with Gasteiger partial charge in [-0.3, -0.25) is 4.31 Å². The Kier molecular flexibility index (Phi) is 8.12. The van der Waals surface area contributed by atoms with Crippen LogP contribution in [0.3, 0.4) is 0 Å². The first-order valence-corrected chi connectivity index (χ1v) is 11.3. The highest BCUT2D eigenvalue weighted by Crippen LogP contribution is 2.21. The molecule has 1 saturated carbocycles. The average molecular weight is 400 g/mol. The molecule has 0 atom stereocenters. The van der Waals surface area contributed by atoms with E-state index in [4.69, 9.17) is 17.0 Å². The van der Waals surface area contributed by atoms with Crippen molar-refractivity contribution < 1.29 is 13.2 Å². The average Bonchev–Trinajstić information content (AvgIpc) is 2.61. The van der Waals surface area contributed by atoms with Crippen LogP contribution in [0.15, 0.2) is 24.3 Å². The molecule has 0 saturated heterocycles. The molecule has 1 aliphatic rings. The molecule has 0 unspecified atom stereocenters. The highest BCUT2D eigenvalue weighted by atomic mass is 32.2. The zero-order chi connectivity index (χ0) is 19.0. The summed E-state index contributed by atoms with van der Waals surface area (Å²) in [5, 5.41) is 6.76. The predicted molar refractivity (Wildman–Crippen MR) is 111 cm³/mol. The van der Waals surface area contributed by atoms with Gasteiger partial charge in [-0.05, 0) is 49.7 Å². The van der Waals surface area contributed by atoms with Gasteiger partial charge in [0.25, 0.3) is 0 Å². The Labute approximate surface area is 162 Å². The summed E-state index contributed by atoms with van der Waals surface area (Å²) in [6, 6.07) is 7.13.